The van der Waals surface area contributed by atoms with Crippen molar-refractivity contribution in [2.24, 2.45) is 0 Å². The number of imidazole rings is 1. The van der Waals surface area contributed by atoms with Gasteiger partial charge < -0.3 is 9.72 Å². The van der Waals surface area contributed by atoms with Gasteiger partial charge in [-0.05, 0) is 18.6 Å². The number of ether oxygens (including phenoxy) is 1. The molecule has 0 aliphatic heterocycles. The lowest BCUT2D eigenvalue weighted by atomic mass is 10.1. The van der Waals surface area contributed by atoms with E-state index in [1.165, 1.54) is 6.08 Å². The number of H-pyrrole nitrogens is 1. The number of aromatic amines is 1. The molecule has 0 fully saturated rings. The Kier molecular flexibility index (Phi) is 3.91. The number of esters is 1. The summed E-state index contributed by atoms with van der Waals surface area (Å²) in [6.07, 6.45) is 6.61. The molecule has 0 saturated carbocycles. The maximum absolute atomic E-state index is 11.3. The molecule has 0 radical (unpaired) electrons. The topological polar surface area (TPSA) is 55.0 Å². The SMILES string of the molecule is CCOC(=O)/C=C/c1ccccc1-c1ncc[nH]1. The monoisotopic (exact) mass is 242 g/mol. The second kappa shape index (κ2) is 5.82. The van der Waals surface area contributed by atoms with Crippen LogP contribution in [0, 0.1) is 0 Å². The third kappa shape index (κ3) is 2.85. The first-order valence-corrected chi connectivity index (χ1v) is 5.75. The molecule has 18 heavy (non-hydrogen) atoms. The molecule has 1 N–H and O–H groups in total. The van der Waals surface area contributed by atoms with Gasteiger partial charge in [-0.3, -0.25) is 0 Å². The molecule has 4 heteroatoms. The van der Waals surface area contributed by atoms with Crippen LogP contribution in [0.4, 0.5) is 0 Å². The van der Waals surface area contributed by atoms with E-state index in [1.807, 2.05) is 24.3 Å². The second-order valence-corrected chi connectivity index (χ2v) is 3.61. The van der Waals surface area contributed by atoms with Gasteiger partial charge in [0.1, 0.15) is 5.82 Å². The van der Waals surface area contributed by atoms with Crippen molar-refractivity contribution in [2.45, 2.75) is 6.92 Å². The number of rotatable bonds is 4. The molecule has 1 aromatic carbocycles. The Labute approximate surface area is 105 Å². The van der Waals surface area contributed by atoms with Crippen molar-refractivity contribution in [2.75, 3.05) is 6.61 Å². The van der Waals surface area contributed by atoms with E-state index in [0.717, 1.165) is 17.0 Å². The van der Waals surface area contributed by atoms with Crippen LogP contribution in [-0.2, 0) is 9.53 Å². The van der Waals surface area contributed by atoms with Crippen molar-refractivity contribution in [3.63, 3.8) is 0 Å². The van der Waals surface area contributed by atoms with Crippen LogP contribution < -0.4 is 0 Å². The number of hydrogen-bond acceptors (Lipinski definition) is 3. The van der Waals surface area contributed by atoms with Gasteiger partial charge in [0.2, 0.25) is 0 Å². The van der Waals surface area contributed by atoms with E-state index in [2.05, 4.69) is 9.97 Å². The minimum absolute atomic E-state index is 0.341. The number of hydrogen-bond donors (Lipinski definition) is 1. The van der Waals surface area contributed by atoms with Crippen molar-refractivity contribution in [3.8, 4) is 11.4 Å². The summed E-state index contributed by atoms with van der Waals surface area (Å²) >= 11 is 0. The lowest BCUT2D eigenvalue weighted by molar-refractivity contribution is -0.137. The Hall–Kier alpha value is -2.36. The first-order chi connectivity index (χ1) is 8.81. The normalized spacial score (nSPS) is 10.7. The molecule has 0 aliphatic carbocycles. The van der Waals surface area contributed by atoms with E-state index in [1.54, 1.807) is 25.4 Å². The zero-order chi connectivity index (χ0) is 12.8. The summed E-state index contributed by atoms with van der Waals surface area (Å²) < 4.78 is 4.85. The van der Waals surface area contributed by atoms with Gasteiger partial charge in [-0.15, -0.1) is 0 Å². The van der Waals surface area contributed by atoms with E-state index < -0.39 is 0 Å². The first kappa shape index (κ1) is 12.1. The maximum Gasteiger partial charge on any atom is 0.330 e. The van der Waals surface area contributed by atoms with E-state index in [4.69, 9.17) is 4.74 Å². The highest BCUT2D eigenvalue weighted by atomic mass is 16.5. The van der Waals surface area contributed by atoms with E-state index in [0.29, 0.717) is 6.61 Å². The van der Waals surface area contributed by atoms with Gasteiger partial charge in [0.25, 0.3) is 0 Å². The van der Waals surface area contributed by atoms with Crippen LogP contribution in [0.2, 0.25) is 0 Å². The smallest absolute Gasteiger partial charge is 0.330 e. The van der Waals surface area contributed by atoms with Gasteiger partial charge >= 0.3 is 5.97 Å². The van der Waals surface area contributed by atoms with Gasteiger partial charge in [-0.1, -0.05) is 24.3 Å². The summed E-state index contributed by atoms with van der Waals surface area (Å²) in [4.78, 5) is 18.5. The highest BCUT2D eigenvalue weighted by molar-refractivity contribution is 5.88. The highest BCUT2D eigenvalue weighted by Crippen LogP contribution is 2.20. The zero-order valence-electron chi connectivity index (χ0n) is 10.1. The molecule has 92 valence electrons. The number of carbonyl (C=O) groups excluding carboxylic acids is 1. The van der Waals surface area contributed by atoms with Gasteiger partial charge in [0, 0.05) is 24.0 Å². The molecule has 1 aromatic heterocycles. The van der Waals surface area contributed by atoms with Crippen LogP contribution >= 0.6 is 0 Å². The first-order valence-electron chi connectivity index (χ1n) is 5.75. The average molecular weight is 242 g/mol. The number of benzene rings is 1. The van der Waals surface area contributed by atoms with Crippen molar-refractivity contribution >= 4 is 12.0 Å². The molecule has 0 spiro atoms. The Morgan fingerprint density at radius 3 is 3.00 bits per heavy atom. The molecule has 0 atom stereocenters. The van der Waals surface area contributed by atoms with Crippen LogP contribution in [0.1, 0.15) is 12.5 Å². The summed E-state index contributed by atoms with van der Waals surface area (Å²) in [5.41, 5.74) is 1.86. The van der Waals surface area contributed by atoms with E-state index in [-0.39, 0.29) is 5.97 Å². The maximum atomic E-state index is 11.3. The third-order valence-corrected chi connectivity index (χ3v) is 2.40. The van der Waals surface area contributed by atoms with Crippen molar-refractivity contribution in [1.29, 1.82) is 0 Å². The minimum atomic E-state index is -0.341. The fourth-order valence-electron chi connectivity index (χ4n) is 1.62. The lowest BCUT2D eigenvalue weighted by Crippen LogP contribution is -1.98. The standard InChI is InChI=1S/C14H14N2O2/c1-2-18-13(17)8-7-11-5-3-4-6-12(11)14-15-9-10-16-14/h3-10H,2H2,1H3,(H,15,16)/b8-7+. The summed E-state index contributed by atoms with van der Waals surface area (Å²) in [6.45, 7) is 2.16. The minimum Gasteiger partial charge on any atom is -0.463 e. The molecule has 4 nitrogen and oxygen atoms in total. The van der Waals surface area contributed by atoms with Crippen LogP contribution in [0.15, 0.2) is 42.7 Å². The molecule has 1 heterocycles. The highest BCUT2D eigenvalue weighted by Gasteiger charge is 2.04. The third-order valence-electron chi connectivity index (χ3n) is 2.40. The summed E-state index contributed by atoms with van der Waals surface area (Å²) in [7, 11) is 0. The Balaban J connectivity index is 2.26. The Bertz CT molecular complexity index is 545. The predicted molar refractivity (Wildman–Crippen MR) is 69.7 cm³/mol. The molecule has 0 amide bonds. The van der Waals surface area contributed by atoms with E-state index >= 15 is 0 Å². The molecule has 0 unspecified atom stereocenters. The van der Waals surface area contributed by atoms with Gasteiger partial charge in [-0.2, -0.15) is 0 Å². The zero-order valence-corrected chi connectivity index (χ0v) is 10.1. The summed E-state index contributed by atoms with van der Waals surface area (Å²) in [5.74, 6) is 0.436. The summed E-state index contributed by atoms with van der Waals surface area (Å²) in [5, 5.41) is 0. The average Bonchev–Trinajstić information content (AvgIpc) is 2.91. The van der Waals surface area contributed by atoms with Crippen LogP contribution in [0.25, 0.3) is 17.5 Å². The predicted octanol–water partition coefficient (Wildman–Crippen LogP) is 2.65. The number of nitrogens with zero attached hydrogens (tertiary/aromatic N) is 1. The number of carbonyl (C=O) groups is 1. The van der Waals surface area contributed by atoms with Gasteiger partial charge in [-0.25, -0.2) is 9.78 Å². The van der Waals surface area contributed by atoms with E-state index in [9.17, 15) is 4.79 Å². The molecular weight excluding hydrogens is 228 g/mol. The molecule has 2 aromatic rings. The van der Waals surface area contributed by atoms with Gasteiger partial charge in [0.15, 0.2) is 0 Å². The van der Waals surface area contributed by atoms with Crippen LogP contribution in [0.5, 0.6) is 0 Å². The molecule has 0 saturated heterocycles. The second-order valence-electron chi connectivity index (χ2n) is 3.61. The van der Waals surface area contributed by atoms with Crippen LogP contribution in [0.3, 0.4) is 0 Å². The largest absolute Gasteiger partial charge is 0.463 e. The molecule has 2 rings (SSSR count). The Morgan fingerprint density at radius 1 is 1.44 bits per heavy atom. The van der Waals surface area contributed by atoms with Gasteiger partial charge in [0.05, 0.1) is 6.61 Å². The van der Waals surface area contributed by atoms with Crippen LogP contribution in [-0.4, -0.2) is 22.5 Å². The Morgan fingerprint density at radius 2 is 2.28 bits per heavy atom. The molecule has 0 aliphatic rings. The fraction of sp³-hybridized carbons (Fsp3) is 0.143. The van der Waals surface area contributed by atoms with Crippen molar-refractivity contribution < 1.29 is 9.53 Å². The van der Waals surface area contributed by atoms with Crippen molar-refractivity contribution in [3.05, 3.63) is 48.3 Å². The summed E-state index contributed by atoms with van der Waals surface area (Å²) in [6, 6.07) is 7.72. The fourth-order valence-corrected chi connectivity index (χ4v) is 1.62. The molecule has 0 bridgehead atoms. The quantitative estimate of drug-likeness (QED) is 0.662. The lowest BCUT2D eigenvalue weighted by Gasteiger charge is -2.02. The number of nitrogens with one attached hydrogen (secondary N) is 1. The van der Waals surface area contributed by atoms with Crippen molar-refractivity contribution in [1.82, 2.24) is 9.97 Å². The molecular formula is C14H14N2O2. The number of aromatic nitrogens is 2.